The van der Waals surface area contributed by atoms with Crippen molar-refractivity contribution in [2.24, 2.45) is 0 Å². The van der Waals surface area contributed by atoms with Gasteiger partial charge in [-0.15, -0.1) is 0 Å². The van der Waals surface area contributed by atoms with Crippen LogP contribution in [-0.4, -0.2) is 17.9 Å². The Morgan fingerprint density at radius 1 is 1.60 bits per heavy atom. The molecule has 0 aliphatic rings. The van der Waals surface area contributed by atoms with Gasteiger partial charge in [-0.25, -0.2) is 0 Å². The van der Waals surface area contributed by atoms with Crippen LogP contribution >= 0.6 is 24.0 Å². The number of hydrogen-bond acceptors (Lipinski definition) is 0. The minimum atomic E-state index is -1.38. The average molecular weight is 391 g/mol. The SMILES string of the molecule is C=[CH][Tl]([Br])[Br]. The maximum absolute atomic E-state index is 3.57. The molecule has 0 heterocycles. The molecular weight excluding hydrogens is 388 g/mol. The third kappa shape index (κ3) is 5.62. The van der Waals surface area contributed by atoms with Crippen LogP contribution in [0.1, 0.15) is 0 Å². The van der Waals surface area contributed by atoms with Gasteiger partial charge in [0.2, 0.25) is 0 Å². The van der Waals surface area contributed by atoms with Crippen molar-refractivity contribution in [3.8, 4) is 0 Å². The van der Waals surface area contributed by atoms with E-state index in [0.717, 1.165) is 0 Å². The summed E-state index contributed by atoms with van der Waals surface area (Å²) in [5.41, 5.74) is 0. The van der Waals surface area contributed by atoms with Crippen molar-refractivity contribution in [1.82, 2.24) is 0 Å². The second-order valence-electron chi connectivity index (χ2n) is 0.570. The van der Waals surface area contributed by atoms with Gasteiger partial charge < -0.3 is 0 Å². The van der Waals surface area contributed by atoms with Gasteiger partial charge in [-0.05, 0) is 0 Å². The number of hydrogen-bond donors (Lipinski definition) is 0. The van der Waals surface area contributed by atoms with Crippen molar-refractivity contribution in [3.63, 3.8) is 0 Å². The van der Waals surface area contributed by atoms with Gasteiger partial charge in [0.15, 0.2) is 0 Å². The molecule has 0 atom stereocenters. The quantitative estimate of drug-likeness (QED) is 0.600. The molecule has 0 nitrogen and oxygen atoms in total. The van der Waals surface area contributed by atoms with Crippen LogP contribution in [0.5, 0.6) is 0 Å². The molecule has 0 aliphatic carbocycles. The van der Waals surface area contributed by atoms with E-state index in [0.29, 0.717) is 0 Å². The van der Waals surface area contributed by atoms with Crippen LogP contribution in [0.2, 0.25) is 0 Å². The van der Waals surface area contributed by atoms with Crippen molar-refractivity contribution >= 4 is 41.9 Å². The standard InChI is InChI=1S/C2H3.2BrH.Tl/c1-2;;;/h1H,2H2;2*1H;/q;;;+2/p-2. The zero-order valence-corrected chi connectivity index (χ0v) is 10.3. The van der Waals surface area contributed by atoms with E-state index in [2.05, 4.69) is 30.5 Å². The Kier molecular flexibility index (Phi) is 5.03. The summed E-state index contributed by atoms with van der Waals surface area (Å²) < 4.78 is 1.97. The first-order valence-electron chi connectivity index (χ1n) is 1.18. The molecular formula is C2H3Br2Tl. The molecule has 0 N–H and O–H groups in total. The first kappa shape index (κ1) is 6.62. The molecule has 0 fully saturated rings. The summed E-state index contributed by atoms with van der Waals surface area (Å²) in [5, 5.41) is 0. The van der Waals surface area contributed by atoms with Crippen LogP contribution < -0.4 is 0 Å². The predicted molar refractivity (Wildman–Crippen MR) is 33.8 cm³/mol. The molecule has 0 bridgehead atoms. The molecule has 0 radical (unpaired) electrons. The Morgan fingerprint density at radius 3 is 1.80 bits per heavy atom. The van der Waals surface area contributed by atoms with Gasteiger partial charge in [0, 0.05) is 0 Å². The Morgan fingerprint density at radius 2 is 1.80 bits per heavy atom. The predicted octanol–water partition coefficient (Wildman–Crippen LogP) is 1.99. The van der Waals surface area contributed by atoms with Gasteiger partial charge in [-0.3, -0.25) is 0 Å². The molecule has 28 valence electrons. The van der Waals surface area contributed by atoms with Crippen molar-refractivity contribution < 1.29 is 0 Å². The van der Waals surface area contributed by atoms with E-state index in [-0.39, 0.29) is 0 Å². The van der Waals surface area contributed by atoms with Gasteiger partial charge in [0.05, 0.1) is 0 Å². The van der Waals surface area contributed by atoms with Crippen molar-refractivity contribution in [2.45, 2.75) is 0 Å². The monoisotopic (exact) mass is 390 g/mol. The third-order valence-electron chi connectivity index (χ3n) is 0.178. The summed E-state index contributed by atoms with van der Waals surface area (Å²) in [4.78, 5) is 0. The fourth-order valence-corrected chi connectivity index (χ4v) is 0. The number of halogens is 2. The van der Waals surface area contributed by atoms with Gasteiger partial charge >= 0.3 is 52.1 Å². The average Bonchev–Trinajstić information content (AvgIpc) is 1.38. The van der Waals surface area contributed by atoms with Crippen LogP contribution in [-0.2, 0) is 0 Å². The Hall–Kier alpha value is 1.62. The molecule has 5 heavy (non-hydrogen) atoms. The molecule has 0 aliphatic heterocycles. The van der Waals surface area contributed by atoms with E-state index in [9.17, 15) is 0 Å². The molecule has 0 saturated heterocycles. The first-order valence-corrected chi connectivity index (χ1v) is 23.2. The van der Waals surface area contributed by atoms with Crippen molar-refractivity contribution in [3.05, 3.63) is 10.2 Å². The molecule has 0 rings (SSSR count). The van der Waals surface area contributed by atoms with E-state index in [1.54, 1.807) is 0 Å². The molecule has 0 aromatic heterocycles. The van der Waals surface area contributed by atoms with Crippen molar-refractivity contribution in [2.75, 3.05) is 0 Å². The topological polar surface area (TPSA) is 0 Å². The fraction of sp³-hybridized carbons (Fsp3) is 0. The minimum absolute atomic E-state index is 1.38. The second-order valence-corrected chi connectivity index (χ2v) is 33.1. The van der Waals surface area contributed by atoms with Crippen LogP contribution in [0.4, 0.5) is 0 Å². The summed E-state index contributed by atoms with van der Waals surface area (Å²) >= 11 is 5.41. The Bertz CT molecular complexity index is 34.6. The summed E-state index contributed by atoms with van der Waals surface area (Å²) in [6.45, 7) is 3.57. The van der Waals surface area contributed by atoms with E-state index in [4.69, 9.17) is 0 Å². The van der Waals surface area contributed by atoms with Crippen LogP contribution in [0, 0.1) is 0 Å². The molecule has 0 spiro atoms. The number of rotatable bonds is 1. The van der Waals surface area contributed by atoms with Crippen LogP contribution in [0.25, 0.3) is 0 Å². The summed E-state index contributed by atoms with van der Waals surface area (Å²) in [5.74, 6) is 0. The van der Waals surface area contributed by atoms with Gasteiger partial charge in [0.25, 0.3) is 0 Å². The van der Waals surface area contributed by atoms with Crippen LogP contribution in [0.15, 0.2) is 10.2 Å². The molecule has 0 aromatic rings. The molecule has 0 aromatic carbocycles. The summed E-state index contributed by atoms with van der Waals surface area (Å²) in [6, 6.07) is 0. The van der Waals surface area contributed by atoms with Crippen molar-refractivity contribution in [1.29, 1.82) is 0 Å². The van der Waals surface area contributed by atoms with Gasteiger partial charge in [0.1, 0.15) is 0 Å². The van der Waals surface area contributed by atoms with E-state index < -0.39 is 17.9 Å². The van der Waals surface area contributed by atoms with Crippen LogP contribution in [0.3, 0.4) is 0 Å². The van der Waals surface area contributed by atoms with Gasteiger partial charge in [-0.1, -0.05) is 0 Å². The third-order valence-corrected chi connectivity index (χ3v) is 8.12. The fourth-order valence-electron chi connectivity index (χ4n) is 0. The molecule has 0 amide bonds. The van der Waals surface area contributed by atoms with E-state index in [1.165, 1.54) is 0 Å². The normalized spacial score (nSPS) is 6.80. The van der Waals surface area contributed by atoms with Gasteiger partial charge in [-0.2, -0.15) is 0 Å². The molecule has 0 saturated carbocycles. The first-order chi connectivity index (χ1) is 2.27. The summed E-state index contributed by atoms with van der Waals surface area (Å²) in [6.07, 6.45) is 0. The molecule has 0 unspecified atom stereocenters. The summed E-state index contributed by atoms with van der Waals surface area (Å²) in [7, 11) is 0. The Balaban J connectivity index is 2.83. The Labute approximate surface area is 51.4 Å². The molecule has 3 heteroatoms. The zero-order valence-electron chi connectivity index (χ0n) is 2.62. The zero-order chi connectivity index (χ0) is 4.28. The van der Waals surface area contributed by atoms with E-state index in [1.807, 2.05) is 3.64 Å². The second kappa shape index (κ2) is 3.80. The van der Waals surface area contributed by atoms with E-state index >= 15 is 0 Å². The maximum atomic E-state index is 3.57.